The summed E-state index contributed by atoms with van der Waals surface area (Å²) in [6, 6.07) is 14.0. The van der Waals surface area contributed by atoms with Crippen LogP contribution in [0.5, 0.6) is 0 Å². The lowest BCUT2D eigenvalue weighted by Crippen LogP contribution is -2.34. The Kier molecular flexibility index (Phi) is 5.76. The molecule has 2 aromatic rings. The van der Waals surface area contributed by atoms with E-state index in [0.717, 1.165) is 4.47 Å². The molecule has 0 aromatic heterocycles. The van der Waals surface area contributed by atoms with Gasteiger partial charge in [0.1, 0.15) is 0 Å². The lowest BCUT2D eigenvalue weighted by Gasteiger charge is -2.11. The Labute approximate surface area is 143 Å². The average molecular weight is 376 g/mol. The van der Waals surface area contributed by atoms with Crippen LogP contribution < -0.4 is 16.0 Å². The van der Waals surface area contributed by atoms with Gasteiger partial charge in [-0.2, -0.15) is 0 Å². The van der Waals surface area contributed by atoms with Crippen molar-refractivity contribution in [3.63, 3.8) is 0 Å². The summed E-state index contributed by atoms with van der Waals surface area (Å²) in [4.78, 5) is 23.8. The number of nitrogens with one attached hydrogen (secondary N) is 3. The Balaban J connectivity index is 1.99. The van der Waals surface area contributed by atoms with E-state index in [9.17, 15) is 9.59 Å². The Bertz CT molecular complexity index is 699. The molecule has 2 rings (SSSR count). The second kappa shape index (κ2) is 7.78. The van der Waals surface area contributed by atoms with Crippen molar-refractivity contribution in [2.24, 2.45) is 0 Å². The van der Waals surface area contributed by atoms with E-state index in [-0.39, 0.29) is 18.0 Å². The van der Waals surface area contributed by atoms with Crippen LogP contribution in [0.15, 0.2) is 53.0 Å². The monoisotopic (exact) mass is 375 g/mol. The number of hydrogen-bond acceptors (Lipinski definition) is 2. The molecule has 0 fully saturated rings. The SMILES string of the molecule is CC(C)NC(=O)Nc1ccc(NC(=O)c2ccccc2Br)cc1. The number of anilines is 2. The third-order valence-electron chi connectivity index (χ3n) is 2.94. The molecule has 23 heavy (non-hydrogen) atoms. The van der Waals surface area contributed by atoms with Crippen LogP contribution in [0.1, 0.15) is 24.2 Å². The van der Waals surface area contributed by atoms with Gasteiger partial charge in [0, 0.05) is 21.9 Å². The topological polar surface area (TPSA) is 70.2 Å². The summed E-state index contributed by atoms with van der Waals surface area (Å²) in [6.45, 7) is 3.78. The second-order valence-electron chi connectivity index (χ2n) is 5.26. The number of rotatable bonds is 4. The van der Waals surface area contributed by atoms with E-state index in [1.807, 2.05) is 26.0 Å². The molecule has 0 saturated heterocycles. The maximum absolute atomic E-state index is 12.2. The molecular formula is C17H18BrN3O2. The highest BCUT2D eigenvalue weighted by Gasteiger charge is 2.09. The van der Waals surface area contributed by atoms with Crippen molar-refractivity contribution < 1.29 is 9.59 Å². The first kappa shape index (κ1) is 17.0. The van der Waals surface area contributed by atoms with Crippen LogP contribution in [-0.2, 0) is 0 Å². The molecule has 0 atom stereocenters. The highest BCUT2D eigenvalue weighted by atomic mass is 79.9. The zero-order valence-electron chi connectivity index (χ0n) is 12.9. The van der Waals surface area contributed by atoms with Gasteiger partial charge in [0.2, 0.25) is 0 Å². The van der Waals surface area contributed by atoms with Gasteiger partial charge in [0.25, 0.3) is 5.91 Å². The van der Waals surface area contributed by atoms with Crippen LogP contribution in [0.25, 0.3) is 0 Å². The molecule has 0 bridgehead atoms. The first-order chi connectivity index (χ1) is 11.0. The highest BCUT2D eigenvalue weighted by Crippen LogP contribution is 2.19. The molecule has 3 amide bonds. The number of carbonyl (C=O) groups is 2. The summed E-state index contributed by atoms with van der Waals surface area (Å²) in [6.07, 6.45) is 0. The van der Waals surface area contributed by atoms with E-state index in [1.165, 1.54) is 0 Å². The second-order valence-corrected chi connectivity index (χ2v) is 6.12. The number of amides is 3. The van der Waals surface area contributed by atoms with Crippen LogP contribution in [0, 0.1) is 0 Å². The van der Waals surface area contributed by atoms with Gasteiger partial charge in [-0.1, -0.05) is 12.1 Å². The van der Waals surface area contributed by atoms with Gasteiger partial charge in [0.05, 0.1) is 5.56 Å². The number of benzene rings is 2. The van der Waals surface area contributed by atoms with E-state index in [1.54, 1.807) is 36.4 Å². The minimum atomic E-state index is -0.259. The molecule has 5 nitrogen and oxygen atoms in total. The van der Waals surface area contributed by atoms with Crippen LogP contribution in [-0.4, -0.2) is 18.0 Å². The number of carbonyl (C=O) groups excluding carboxylic acids is 2. The van der Waals surface area contributed by atoms with Crippen molar-refractivity contribution in [3.05, 3.63) is 58.6 Å². The van der Waals surface area contributed by atoms with Crippen molar-refractivity contribution in [1.29, 1.82) is 0 Å². The first-order valence-electron chi connectivity index (χ1n) is 7.19. The van der Waals surface area contributed by atoms with Gasteiger partial charge >= 0.3 is 6.03 Å². The van der Waals surface area contributed by atoms with Crippen LogP contribution in [0.2, 0.25) is 0 Å². The van der Waals surface area contributed by atoms with Gasteiger partial charge in [-0.25, -0.2) is 4.79 Å². The Morgan fingerprint density at radius 3 is 2.04 bits per heavy atom. The predicted molar refractivity (Wildman–Crippen MR) is 95.8 cm³/mol. The number of halogens is 1. The largest absolute Gasteiger partial charge is 0.336 e. The summed E-state index contributed by atoms with van der Waals surface area (Å²) in [7, 11) is 0. The summed E-state index contributed by atoms with van der Waals surface area (Å²) in [5.41, 5.74) is 1.87. The molecule has 0 aliphatic carbocycles. The lowest BCUT2D eigenvalue weighted by atomic mass is 10.2. The van der Waals surface area contributed by atoms with E-state index in [0.29, 0.717) is 16.9 Å². The van der Waals surface area contributed by atoms with Gasteiger partial charge in [0.15, 0.2) is 0 Å². The first-order valence-corrected chi connectivity index (χ1v) is 7.98. The van der Waals surface area contributed by atoms with Crippen LogP contribution in [0.4, 0.5) is 16.2 Å². The summed E-state index contributed by atoms with van der Waals surface area (Å²) in [5.74, 6) is -0.198. The van der Waals surface area contributed by atoms with Crippen molar-refractivity contribution in [2.45, 2.75) is 19.9 Å². The molecule has 0 aliphatic heterocycles. The smallest absolute Gasteiger partial charge is 0.319 e. The Morgan fingerprint density at radius 1 is 0.913 bits per heavy atom. The molecule has 0 saturated carbocycles. The van der Waals surface area contributed by atoms with Crippen LogP contribution in [0.3, 0.4) is 0 Å². The molecule has 6 heteroatoms. The zero-order valence-corrected chi connectivity index (χ0v) is 14.5. The van der Waals surface area contributed by atoms with Crippen molar-refractivity contribution in [1.82, 2.24) is 5.32 Å². The summed E-state index contributed by atoms with van der Waals surface area (Å²) >= 11 is 3.35. The fourth-order valence-electron chi connectivity index (χ4n) is 1.91. The third-order valence-corrected chi connectivity index (χ3v) is 3.63. The zero-order chi connectivity index (χ0) is 16.8. The fraction of sp³-hybridized carbons (Fsp3) is 0.176. The predicted octanol–water partition coefficient (Wildman–Crippen LogP) is 4.23. The lowest BCUT2D eigenvalue weighted by molar-refractivity contribution is 0.102. The maximum Gasteiger partial charge on any atom is 0.319 e. The third kappa shape index (κ3) is 5.10. The standard InChI is InChI=1S/C17H18BrN3O2/c1-11(2)19-17(23)21-13-9-7-12(8-10-13)20-16(22)14-5-3-4-6-15(14)18/h3-11H,1-2H3,(H,20,22)(H2,19,21,23). The molecule has 0 spiro atoms. The van der Waals surface area contributed by atoms with Crippen molar-refractivity contribution >= 4 is 39.2 Å². The van der Waals surface area contributed by atoms with Crippen molar-refractivity contribution in [2.75, 3.05) is 10.6 Å². The molecular weight excluding hydrogens is 358 g/mol. The molecule has 120 valence electrons. The Morgan fingerprint density at radius 2 is 1.48 bits per heavy atom. The fourth-order valence-corrected chi connectivity index (χ4v) is 2.37. The normalized spacial score (nSPS) is 10.3. The quantitative estimate of drug-likeness (QED) is 0.747. The maximum atomic E-state index is 12.2. The molecule has 0 radical (unpaired) electrons. The molecule has 0 unspecified atom stereocenters. The number of hydrogen-bond donors (Lipinski definition) is 3. The number of urea groups is 1. The van der Waals surface area contributed by atoms with E-state index >= 15 is 0 Å². The van der Waals surface area contributed by atoms with E-state index < -0.39 is 0 Å². The van der Waals surface area contributed by atoms with Gasteiger partial charge in [-0.05, 0) is 66.2 Å². The molecule has 0 heterocycles. The van der Waals surface area contributed by atoms with Gasteiger partial charge in [-0.15, -0.1) is 0 Å². The van der Waals surface area contributed by atoms with Crippen LogP contribution >= 0.6 is 15.9 Å². The molecule has 0 aliphatic rings. The van der Waals surface area contributed by atoms with E-state index in [4.69, 9.17) is 0 Å². The van der Waals surface area contributed by atoms with E-state index in [2.05, 4.69) is 31.9 Å². The molecule has 2 aromatic carbocycles. The summed E-state index contributed by atoms with van der Waals surface area (Å²) in [5, 5.41) is 8.28. The summed E-state index contributed by atoms with van der Waals surface area (Å²) < 4.78 is 0.737. The minimum Gasteiger partial charge on any atom is -0.336 e. The average Bonchev–Trinajstić information content (AvgIpc) is 2.48. The minimum absolute atomic E-state index is 0.0675. The van der Waals surface area contributed by atoms with Crippen molar-refractivity contribution in [3.8, 4) is 0 Å². The van der Waals surface area contributed by atoms with Gasteiger partial charge in [-0.3, -0.25) is 4.79 Å². The molecule has 3 N–H and O–H groups in total. The van der Waals surface area contributed by atoms with Gasteiger partial charge < -0.3 is 16.0 Å². The Hall–Kier alpha value is -2.34. The highest BCUT2D eigenvalue weighted by molar-refractivity contribution is 9.10.